The number of nitrogens with zero attached hydrogens (tertiary/aromatic N) is 2. The van der Waals surface area contributed by atoms with Crippen LogP contribution in [0.5, 0.6) is 11.5 Å². The summed E-state index contributed by atoms with van der Waals surface area (Å²) in [5.74, 6) is -0.552. The number of carbonyl (C=O) groups excluding carboxylic acids is 1. The van der Waals surface area contributed by atoms with E-state index in [2.05, 4.69) is 0 Å². The summed E-state index contributed by atoms with van der Waals surface area (Å²) >= 11 is 5.88. The van der Waals surface area contributed by atoms with E-state index in [1.165, 1.54) is 49.5 Å². The Morgan fingerprint density at radius 1 is 1.13 bits per heavy atom. The van der Waals surface area contributed by atoms with E-state index in [9.17, 15) is 17.6 Å². The Kier molecular flexibility index (Phi) is 7.24. The van der Waals surface area contributed by atoms with Crippen LogP contribution in [0.15, 0.2) is 41.3 Å². The fourth-order valence-electron chi connectivity index (χ4n) is 3.10. The first-order chi connectivity index (χ1) is 14.8. The number of benzene rings is 2. The lowest BCUT2D eigenvalue weighted by Gasteiger charge is -2.30. The Labute approximate surface area is 185 Å². The van der Waals surface area contributed by atoms with Crippen molar-refractivity contribution in [3.63, 3.8) is 0 Å². The molecule has 11 heteroatoms. The molecule has 0 radical (unpaired) electrons. The zero-order valence-corrected chi connectivity index (χ0v) is 18.6. The second-order valence-electron chi connectivity index (χ2n) is 6.62. The highest BCUT2D eigenvalue weighted by Gasteiger charge is 2.30. The van der Waals surface area contributed by atoms with Gasteiger partial charge in [0.2, 0.25) is 5.91 Å². The van der Waals surface area contributed by atoms with Crippen LogP contribution in [0.1, 0.15) is 0 Å². The van der Waals surface area contributed by atoms with Gasteiger partial charge in [0.05, 0.1) is 43.0 Å². The van der Waals surface area contributed by atoms with Crippen LogP contribution in [-0.2, 0) is 19.6 Å². The van der Waals surface area contributed by atoms with Crippen molar-refractivity contribution in [3.8, 4) is 11.5 Å². The van der Waals surface area contributed by atoms with Crippen LogP contribution in [-0.4, -0.2) is 66.3 Å². The van der Waals surface area contributed by atoms with Crippen molar-refractivity contribution in [1.29, 1.82) is 0 Å². The molecule has 3 rings (SSSR count). The number of amides is 1. The number of sulfonamides is 1. The highest BCUT2D eigenvalue weighted by Crippen LogP contribution is 2.33. The highest BCUT2D eigenvalue weighted by molar-refractivity contribution is 7.92. The maximum absolute atomic E-state index is 13.7. The Balaban J connectivity index is 2.03. The second kappa shape index (κ2) is 9.71. The van der Waals surface area contributed by atoms with Gasteiger partial charge in [0, 0.05) is 19.2 Å². The van der Waals surface area contributed by atoms with Gasteiger partial charge in [-0.3, -0.25) is 9.10 Å². The molecule has 1 amide bonds. The summed E-state index contributed by atoms with van der Waals surface area (Å²) in [6.07, 6.45) is 0. The van der Waals surface area contributed by atoms with Gasteiger partial charge in [0.1, 0.15) is 12.4 Å². The molecule has 0 unspecified atom stereocenters. The van der Waals surface area contributed by atoms with Gasteiger partial charge >= 0.3 is 0 Å². The average molecular weight is 473 g/mol. The molecule has 0 spiro atoms. The Bertz CT molecular complexity index is 1060. The summed E-state index contributed by atoms with van der Waals surface area (Å²) in [4.78, 5) is 14.2. The summed E-state index contributed by atoms with van der Waals surface area (Å²) in [7, 11) is -1.42. The number of morpholine rings is 1. The van der Waals surface area contributed by atoms with Gasteiger partial charge in [-0.25, -0.2) is 12.8 Å². The Hall–Kier alpha value is -2.56. The van der Waals surface area contributed by atoms with E-state index in [-0.39, 0.29) is 21.4 Å². The molecular formula is C20H22ClFN2O6S. The average Bonchev–Trinajstić information content (AvgIpc) is 2.79. The van der Waals surface area contributed by atoms with Crippen LogP contribution in [0.25, 0.3) is 0 Å². The SMILES string of the molecule is COc1ccc(S(=O)(=O)N(CC(=O)N2CCOCC2)c2ccc(F)c(Cl)c2)cc1OC. The summed E-state index contributed by atoms with van der Waals surface area (Å²) in [5, 5.41) is -0.260. The van der Waals surface area contributed by atoms with Crippen LogP contribution in [0.2, 0.25) is 5.02 Å². The topological polar surface area (TPSA) is 85.4 Å². The first-order valence-electron chi connectivity index (χ1n) is 9.33. The number of halogens is 2. The number of hydrogen-bond donors (Lipinski definition) is 0. The van der Waals surface area contributed by atoms with Gasteiger partial charge in [-0.1, -0.05) is 11.6 Å². The standard InChI is InChI=1S/C20H22ClFN2O6S/c1-28-18-6-4-15(12-19(18)29-2)31(26,27)24(14-3-5-17(22)16(21)11-14)13-20(25)23-7-9-30-10-8-23/h3-6,11-12H,7-10,13H2,1-2H3. The molecule has 1 fully saturated rings. The highest BCUT2D eigenvalue weighted by atomic mass is 35.5. The second-order valence-corrected chi connectivity index (χ2v) is 8.89. The summed E-state index contributed by atoms with van der Waals surface area (Å²) < 4.78 is 57.2. The first kappa shape index (κ1) is 23.1. The summed E-state index contributed by atoms with van der Waals surface area (Å²) in [5.41, 5.74) is 0.0581. The molecule has 1 saturated heterocycles. The van der Waals surface area contributed by atoms with Crippen molar-refractivity contribution in [2.45, 2.75) is 4.90 Å². The molecule has 8 nitrogen and oxygen atoms in total. The number of hydrogen-bond acceptors (Lipinski definition) is 6. The predicted octanol–water partition coefficient (Wildman–Crippen LogP) is 2.55. The number of ether oxygens (including phenoxy) is 3. The molecule has 1 aliphatic heterocycles. The maximum Gasteiger partial charge on any atom is 0.264 e. The van der Waals surface area contributed by atoms with E-state index in [1.54, 1.807) is 0 Å². The maximum atomic E-state index is 13.7. The van der Waals surface area contributed by atoms with Crippen molar-refractivity contribution in [1.82, 2.24) is 4.90 Å². The third-order valence-electron chi connectivity index (χ3n) is 4.78. The molecule has 0 aliphatic carbocycles. The monoisotopic (exact) mass is 472 g/mol. The molecule has 1 heterocycles. The van der Waals surface area contributed by atoms with E-state index in [0.29, 0.717) is 32.1 Å². The van der Waals surface area contributed by atoms with Gasteiger partial charge in [-0.05, 0) is 30.3 Å². The van der Waals surface area contributed by atoms with Crippen LogP contribution in [0.4, 0.5) is 10.1 Å². The summed E-state index contributed by atoms with van der Waals surface area (Å²) in [6, 6.07) is 7.56. The molecule has 0 bridgehead atoms. The molecular weight excluding hydrogens is 451 g/mol. The van der Waals surface area contributed by atoms with E-state index < -0.39 is 28.3 Å². The van der Waals surface area contributed by atoms with Gasteiger partial charge in [0.25, 0.3) is 10.0 Å². The minimum Gasteiger partial charge on any atom is -0.493 e. The zero-order chi connectivity index (χ0) is 22.6. The van der Waals surface area contributed by atoms with Gasteiger partial charge in [-0.2, -0.15) is 0 Å². The Morgan fingerprint density at radius 3 is 2.42 bits per heavy atom. The lowest BCUT2D eigenvalue weighted by Crippen LogP contribution is -2.47. The third-order valence-corrected chi connectivity index (χ3v) is 6.84. The van der Waals surface area contributed by atoms with Crippen LogP contribution < -0.4 is 13.8 Å². The minimum absolute atomic E-state index is 0.0581. The van der Waals surface area contributed by atoms with Crippen molar-refractivity contribution in [3.05, 3.63) is 47.2 Å². The van der Waals surface area contributed by atoms with Gasteiger partial charge in [0.15, 0.2) is 11.5 Å². The molecule has 0 N–H and O–H groups in total. The molecule has 2 aromatic carbocycles. The molecule has 0 aromatic heterocycles. The fraction of sp³-hybridized carbons (Fsp3) is 0.350. The number of anilines is 1. The summed E-state index contributed by atoms with van der Waals surface area (Å²) in [6.45, 7) is 0.965. The van der Waals surface area contributed by atoms with Crippen molar-refractivity contribution >= 4 is 33.2 Å². The van der Waals surface area contributed by atoms with Crippen molar-refractivity contribution in [2.75, 3.05) is 51.4 Å². The van der Waals surface area contributed by atoms with E-state index in [1.807, 2.05) is 0 Å². The first-order valence-corrected chi connectivity index (χ1v) is 11.1. The predicted molar refractivity (Wildman–Crippen MR) is 113 cm³/mol. The van der Waals surface area contributed by atoms with Crippen LogP contribution >= 0.6 is 11.6 Å². The van der Waals surface area contributed by atoms with E-state index in [4.69, 9.17) is 25.8 Å². The lowest BCUT2D eigenvalue weighted by atomic mass is 10.3. The quantitative estimate of drug-likeness (QED) is 0.615. The molecule has 1 aliphatic rings. The molecule has 2 aromatic rings. The minimum atomic E-state index is -4.24. The van der Waals surface area contributed by atoms with Crippen molar-refractivity contribution in [2.24, 2.45) is 0 Å². The number of rotatable bonds is 7. The Morgan fingerprint density at radius 2 is 1.81 bits per heavy atom. The number of methoxy groups -OCH3 is 2. The van der Waals surface area contributed by atoms with Gasteiger partial charge < -0.3 is 19.1 Å². The van der Waals surface area contributed by atoms with Crippen LogP contribution in [0.3, 0.4) is 0 Å². The van der Waals surface area contributed by atoms with E-state index in [0.717, 1.165) is 10.4 Å². The molecule has 31 heavy (non-hydrogen) atoms. The largest absolute Gasteiger partial charge is 0.493 e. The zero-order valence-electron chi connectivity index (χ0n) is 17.0. The molecule has 0 atom stereocenters. The third kappa shape index (κ3) is 5.03. The fourth-order valence-corrected chi connectivity index (χ4v) is 4.69. The van der Waals surface area contributed by atoms with E-state index >= 15 is 0 Å². The normalized spacial score (nSPS) is 14.3. The van der Waals surface area contributed by atoms with Crippen LogP contribution in [0, 0.1) is 5.82 Å². The molecule has 0 saturated carbocycles. The van der Waals surface area contributed by atoms with Gasteiger partial charge in [-0.15, -0.1) is 0 Å². The lowest BCUT2D eigenvalue weighted by molar-refractivity contribution is -0.133. The molecule has 168 valence electrons. The number of carbonyl (C=O) groups is 1. The smallest absolute Gasteiger partial charge is 0.264 e. The van der Waals surface area contributed by atoms with Crippen molar-refractivity contribution < 1.29 is 31.8 Å².